The van der Waals surface area contributed by atoms with E-state index in [9.17, 15) is 13.6 Å². The number of amides is 1. The zero-order valence-electron chi connectivity index (χ0n) is 10.9. The van der Waals surface area contributed by atoms with Crippen molar-refractivity contribution >= 4 is 21.8 Å². The van der Waals surface area contributed by atoms with E-state index in [1.165, 1.54) is 18.3 Å². The van der Waals surface area contributed by atoms with Crippen molar-refractivity contribution in [3.63, 3.8) is 0 Å². The summed E-state index contributed by atoms with van der Waals surface area (Å²) in [4.78, 5) is 15.2. The number of pyridine rings is 1. The van der Waals surface area contributed by atoms with Crippen molar-refractivity contribution in [3.05, 3.63) is 52.3 Å². The van der Waals surface area contributed by atoms with Gasteiger partial charge in [0.25, 0.3) is 0 Å². The fraction of sp³-hybridized carbons (Fsp3) is 0.143. The predicted octanol–water partition coefficient (Wildman–Crippen LogP) is 3.50. The van der Waals surface area contributed by atoms with Gasteiger partial charge in [0, 0.05) is 10.5 Å². The second-order valence-electron chi connectivity index (χ2n) is 4.34. The van der Waals surface area contributed by atoms with E-state index in [0.29, 0.717) is 10.2 Å². The van der Waals surface area contributed by atoms with E-state index in [2.05, 4.69) is 20.9 Å². The fourth-order valence-electron chi connectivity index (χ4n) is 1.63. The summed E-state index contributed by atoms with van der Waals surface area (Å²) in [6.45, 7) is 1.62. The summed E-state index contributed by atoms with van der Waals surface area (Å²) in [7, 11) is 0. The number of hydrogen-bond donors (Lipinski definition) is 1. The second-order valence-corrected chi connectivity index (χ2v) is 5.19. The molecular formula is C14H11BrF2N2O2. The third-order valence-corrected chi connectivity index (χ3v) is 3.44. The maximum Gasteiger partial charge on any atom is 0.226 e. The van der Waals surface area contributed by atoms with E-state index in [0.717, 1.165) is 12.1 Å². The van der Waals surface area contributed by atoms with Crippen molar-refractivity contribution < 1.29 is 18.3 Å². The molecule has 0 saturated heterocycles. The molecule has 1 aromatic heterocycles. The Bertz CT molecular complexity index is 695. The van der Waals surface area contributed by atoms with Crippen LogP contribution in [0.2, 0.25) is 0 Å². The third kappa shape index (κ3) is 3.55. The van der Waals surface area contributed by atoms with Gasteiger partial charge in [-0.3, -0.25) is 9.78 Å². The van der Waals surface area contributed by atoms with E-state index >= 15 is 0 Å². The Morgan fingerprint density at radius 1 is 1.38 bits per heavy atom. The first-order chi connectivity index (χ1) is 9.88. The minimum absolute atomic E-state index is 0.124. The van der Waals surface area contributed by atoms with Crippen LogP contribution >= 0.6 is 15.9 Å². The number of primary amides is 1. The first-order valence-electron chi connectivity index (χ1n) is 5.96. The van der Waals surface area contributed by atoms with E-state index in [1.54, 1.807) is 6.92 Å². The minimum atomic E-state index is -0.819. The Morgan fingerprint density at radius 2 is 2.10 bits per heavy atom. The van der Waals surface area contributed by atoms with Crippen LogP contribution < -0.4 is 10.5 Å². The lowest BCUT2D eigenvalue weighted by Gasteiger charge is -2.11. The van der Waals surface area contributed by atoms with Gasteiger partial charge in [0.15, 0.2) is 11.6 Å². The van der Waals surface area contributed by atoms with Crippen LogP contribution in [0.3, 0.4) is 0 Å². The lowest BCUT2D eigenvalue weighted by molar-refractivity contribution is -0.119. The van der Waals surface area contributed by atoms with Crippen LogP contribution in [0.4, 0.5) is 8.78 Å². The molecule has 0 bridgehead atoms. The average Bonchev–Trinajstić information content (AvgIpc) is 2.41. The lowest BCUT2D eigenvalue weighted by atomic mass is 10.1. The number of halogens is 3. The fourth-order valence-corrected chi connectivity index (χ4v) is 2.30. The zero-order chi connectivity index (χ0) is 15.6. The van der Waals surface area contributed by atoms with Crippen LogP contribution in [0.5, 0.6) is 11.5 Å². The van der Waals surface area contributed by atoms with Crippen molar-refractivity contribution in [2.45, 2.75) is 12.8 Å². The zero-order valence-corrected chi connectivity index (χ0v) is 12.5. The molecule has 0 aliphatic heterocycles. The molecule has 0 fully saturated rings. The Balaban J connectivity index is 2.26. The molecule has 2 aromatic rings. The van der Waals surface area contributed by atoms with E-state index in [-0.39, 0.29) is 11.5 Å². The summed E-state index contributed by atoms with van der Waals surface area (Å²) in [6, 6.07) is 4.52. The predicted molar refractivity (Wildman–Crippen MR) is 76.0 cm³/mol. The topological polar surface area (TPSA) is 65.2 Å². The first kappa shape index (κ1) is 15.4. The molecule has 0 radical (unpaired) electrons. The molecule has 1 atom stereocenters. The molecule has 0 unspecified atom stereocenters. The number of rotatable bonds is 4. The monoisotopic (exact) mass is 356 g/mol. The van der Waals surface area contributed by atoms with Crippen molar-refractivity contribution in [3.8, 4) is 11.5 Å². The van der Waals surface area contributed by atoms with Gasteiger partial charge in [-0.15, -0.1) is 0 Å². The quantitative estimate of drug-likeness (QED) is 0.911. The summed E-state index contributed by atoms with van der Waals surface area (Å²) < 4.78 is 32.1. The Morgan fingerprint density at radius 3 is 2.67 bits per heavy atom. The van der Waals surface area contributed by atoms with Crippen molar-refractivity contribution in [2.24, 2.45) is 5.73 Å². The van der Waals surface area contributed by atoms with Gasteiger partial charge in [-0.25, -0.2) is 8.78 Å². The van der Waals surface area contributed by atoms with Crippen LogP contribution in [-0.4, -0.2) is 10.9 Å². The summed E-state index contributed by atoms with van der Waals surface area (Å²) >= 11 is 3.26. The maximum absolute atomic E-state index is 13.5. The molecular weight excluding hydrogens is 346 g/mol. The largest absolute Gasteiger partial charge is 0.453 e. The van der Waals surface area contributed by atoms with Gasteiger partial charge in [-0.1, -0.05) is 0 Å². The molecule has 7 heteroatoms. The van der Waals surface area contributed by atoms with Gasteiger partial charge in [-0.05, 0) is 41.1 Å². The molecule has 0 aliphatic carbocycles. The SMILES string of the molecule is C[C@@H](C(N)=O)c1ncc(Oc2ccc(F)cc2F)cc1Br. The summed E-state index contributed by atoms with van der Waals surface area (Å²) in [5.74, 6) is -2.48. The Labute approximate surface area is 128 Å². The normalized spacial score (nSPS) is 12.0. The van der Waals surface area contributed by atoms with Crippen LogP contribution in [0.15, 0.2) is 34.9 Å². The molecule has 2 rings (SSSR count). The van der Waals surface area contributed by atoms with Crippen LogP contribution in [-0.2, 0) is 4.79 Å². The standard InChI is InChI=1S/C14H11BrF2N2O2/c1-7(14(18)20)13-10(15)5-9(6-19-13)21-12-3-2-8(16)4-11(12)17/h2-7H,1H3,(H2,18,20)/t7-/m1/s1. The molecule has 1 heterocycles. The van der Waals surface area contributed by atoms with Gasteiger partial charge in [0.05, 0.1) is 17.8 Å². The minimum Gasteiger partial charge on any atom is -0.453 e. The van der Waals surface area contributed by atoms with Gasteiger partial charge in [0.1, 0.15) is 11.6 Å². The molecule has 0 aliphatic rings. The summed E-state index contributed by atoms with van der Waals surface area (Å²) in [5, 5.41) is 0. The van der Waals surface area contributed by atoms with Crippen molar-refractivity contribution in [1.82, 2.24) is 4.98 Å². The maximum atomic E-state index is 13.5. The highest BCUT2D eigenvalue weighted by Gasteiger charge is 2.17. The molecule has 1 aromatic carbocycles. The number of aromatic nitrogens is 1. The Hall–Kier alpha value is -2.02. The molecule has 21 heavy (non-hydrogen) atoms. The summed E-state index contributed by atoms with van der Waals surface area (Å²) in [6.07, 6.45) is 1.34. The van der Waals surface area contributed by atoms with Gasteiger partial charge >= 0.3 is 0 Å². The number of nitrogens with two attached hydrogens (primary N) is 1. The Kier molecular flexibility index (Phi) is 4.52. The average molecular weight is 357 g/mol. The second kappa shape index (κ2) is 6.17. The lowest BCUT2D eigenvalue weighted by Crippen LogP contribution is -2.20. The van der Waals surface area contributed by atoms with Crippen molar-refractivity contribution in [2.75, 3.05) is 0 Å². The van der Waals surface area contributed by atoms with Crippen LogP contribution in [0, 0.1) is 11.6 Å². The molecule has 0 spiro atoms. The van der Waals surface area contributed by atoms with E-state index in [1.807, 2.05) is 0 Å². The number of ether oxygens (including phenoxy) is 1. The molecule has 2 N–H and O–H groups in total. The van der Waals surface area contributed by atoms with Gasteiger partial charge in [-0.2, -0.15) is 0 Å². The molecule has 4 nitrogen and oxygen atoms in total. The molecule has 110 valence electrons. The first-order valence-corrected chi connectivity index (χ1v) is 6.75. The molecule has 0 saturated carbocycles. The highest BCUT2D eigenvalue weighted by Crippen LogP contribution is 2.30. The van der Waals surface area contributed by atoms with E-state index in [4.69, 9.17) is 10.5 Å². The van der Waals surface area contributed by atoms with Gasteiger partial charge < -0.3 is 10.5 Å². The third-order valence-electron chi connectivity index (χ3n) is 2.80. The van der Waals surface area contributed by atoms with Gasteiger partial charge in [0.2, 0.25) is 5.91 Å². The van der Waals surface area contributed by atoms with Crippen molar-refractivity contribution in [1.29, 1.82) is 0 Å². The summed E-state index contributed by atoms with van der Waals surface area (Å²) in [5.41, 5.74) is 5.67. The van der Waals surface area contributed by atoms with Crippen LogP contribution in [0.25, 0.3) is 0 Å². The highest BCUT2D eigenvalue weighted by atomic mass is 79.9. The number of nitrogens with zero attached hydrogens (tertiary/aromatic N) is 1. The number of carbonyl (C=O) groups excluding carboxylic acids is 1. The molecule has 1 amide bonds. The number of carbonyl (C=O) groups is 1. The van der Waals surface area contributed by atoms with Crippen LogP contribution in [0.1, 0.15) is 18.5 Å². The van der Waals surface area contributed by atoms with E-state index < -0.39 is 23.5 Å². The smallest absolute Gasteiger partial charge is 0.226 e. The number of benzene rings is 1. The highest BCUT2D eigenvalue weighted by molar-refractivity contribution is 9.10. The number of hydrogen-bond acceptors (Lipinski definition) is 3.